The molecule has 3 rings (SSSR count). The van der Waals surface area contributed by atoms with Crippen LogP contribution < -0.4 is 5.73 Å². The first-order chi connectivity index (χ1) is 11.6. The molecule has 0 aliphatic heterocycles. The molecule has 1 saturated carbocycles. The van der Waals surface area contributed by atoms with E-state index in [-0.39, 0.29) is 5.91 Å². The molecule has 24 heavy (non-hydrogen) atoms. The van der Waals surface area contributed by atoms with E-state index in [1.807, 2.05) is 32.0 Å². The van der Waals surface area contributed by atoms with E-state index in [2.05, 4.69) is 21.6 Å². The van der Waals surface area contributed by atoms with Gasteiger partial charge in [0, 0.05) is 5.57 Å². The number of aryl methyl sites for hydroxylation is 2. The zero-order valence-corrected chi connectivity index (χ0v) is 14.2. The Kier molecular flexibility index (Phi) is 4.74. The maximum atomic E-state index is 12.0. The number of nitrogens with zero attached hydrogens (tertiary/aromatic N) is 4. The van der Waals surface area contributed by atoms with Crippen molar-refractivity contribution in [2.75, 3.05) is 0 Å². The molecule has 1 aromatic carbocycles. The molecule has 2 N–H and O–H groups in total. The summed E-state index contributed by atoms with van der Waals surface area (Å²) in [6.07, 6.45) is 8.08. The number of tetrazole rings is 1. The van der Waals surface area contributed by atoms with Crippen molar-refractivity contribution in [2.45, 2.75) is 46.0 Å². The lowest BCUT2D eigenvalue weighted by atomic mass is 9.86. The predicted molar refractivity (Wildman–Crippen MR) is 92.4 cm³/mol. The highest BCUT2D eigenvalue weighted by Gasteiger charge is 2.17. The number of rotatable bonds is 4. The van der Waals surface area contributed by atoms with Gasteiger partial charge in [0.1, 0.15) is 0 Å². The van der Waals surface area contributed by atoms with Gasteiger partial charge < -0.3 is 5.73 Å². The Morgan fingerprint density at radius 1 is 1.25 bits per heavy atom. The number of hydrogen-bond acceptors (Lipinski definition) is 4. The minimum atomic E-state index is -0.369. The predicted octanol–water partition coefficient (Wildman–Crippen LogP) is 2.73. The summed E-state index contributed by atoms with van der Waals surface area (Å²) in [6.45, 7) is 3.84. The van der Waals surface area contributed by atoms with Crippen molar-refractivity contribution in [3.8, 4) is 5.69 Å². The molecule has 0 unspecified atom stereocenters. The summed E-state index contributed by atoms with van der Waals surface area (Å²) >= 11 is 0. The molecule has 1 heterocycles. The minimum absolute atomic E-state index is 0.369. The number of benzene rings is 1. The lowest BCUT2D eigenvalue weighted by molar-refractivity contribution is -0.112. The van der Waals surface area contributed by atoms with Crippen molar-refractivity contribution < 1.29 is 4.79 Å². The zero-order chi connectivity index (χ0) is 17.1. The fourth-order valence-corrected chi connectivity index (χ4v) is 3.37. The van der Waals surface area contributed by atoms with Crippen molar-refractivity contribution in [1.29, 1.82) is 0 Å². The smallest absolute Gasteiger partial charge is 0.248 e. The second kappa shape index (κ2) is 6.95. The van der Waals surface area contributed by atoms with Crippen LogP contribution in [0.5, 0.6) is 0 Å². The highest BCUT2D eigenvalue weighted by Crippen LogP contribution is 2.29. The van der Waals surface area contributed by atoms with E-state index in [4.69, 9.17) is 5.73 Å². The third-order valence-corrected chi connectivity index (χ3v) is 4.68. The number of hydrogen-bond donors (Lipinski definition) is 1. The molecular weight excluding hydrogens is 302 g/mol. The second-order valence-corrected chi connectivity index (χ2v) is 6.48. The van der Waals surface area contributed by atoms with E-state index in [9.17, 15) is 4.79 Å². The molecule has 1 aromatic heterocycles. The van der Waals surface area contributed by atoms with Crippen LogP contribution in [-0.2, 0) is 4.79 Å². The van der Waals surface area contributed by atoms with E-state index < -0.39 is 0 Å². The zero-order valence-electron chi connectivity index (χ0n) is 14.2. The summed E-state index contributed by atoms with van der Waals surface area (Å²) in [5, 5.41) is 11.6. The van der Waals surface area contributed by atoms with Gasteiger partial charge in [0.2, 0.25) is 5.91 Å². The van der Waals surface area contributed by atoms with Crippen LogP contribution in [0.25, 0.3) is 11.3 Å². The number of carbonyl (C=O) groups is 1. The fraction of sp³-hybridized carbons (Fsp3) is 0.444. The van der Waals surface area contributed by atoms with Gasteiger partial charge in [-0.3, -0.25) is 4.79 Å². The average Bonchev–Trinajstić information content (AvgIpc) is 2.99. The lowest BCUT2D eigenvalue weighted by Crippen LogP contribution is -2.15. The van der Waals surface area contributed by atoms with Crippen molar-refractivity contribution in [1.82, 2.24) is 20.2 Å². The largest absolute Gasteiger partial charge is 0.366 e. The SMILES string of the molecule is Cc1cc(/C(=C\C2CCCCC2)C(N)=O)ccc1-n1nnnc1C. The second-order valence-electron chi connectivity index (χ2n) is 6.48. The normalized spacial score (nSPS) is 16.3. The summed E-state index contributed by atoms with van der Waals surface area (Å²) in [6, 6.07) is 5.84. The van der Waals surface area contributed by atoms with Gasteiger partial charge in [0.05, 0.1) is 5.69 Å². The molecule has 2 aromatic rings. The molecule has 1 amide bonds. The van der Waals surface area contributed by atoms with Crippen LogP contribution in [0.1, 0.15) is 49.1 Å². The van der Waals surface area contributed by atoms with Crippen LogP contribution in [0.2, 0.25) is 0 Å². The standard InChI is InChI=1S/C18H23N5O/c1-12-10-15(8-9-17(12)23-13(2)20-21-22-23)16(18(19)24)11-14-6-4-3-5-7-14/h8-11,14H,3-7H2,1-2H3,(H2,19,24)/b16-11+. The summed E-state index contributed by atoms with van der Waals surface area (Å²) in [5.74, 6) is 0.799. The maximum Gasteiger partial charge on any atom is 0.248 e. The lowest BCUT2D eigenvalue weighted by Gasteiger charge is -2.19. The Balaban J connectivity index is 1.94. The van der Waals surface area contributed by atoms with Gasteiger partial charge in [-0.1, -0.05) is 31.4 Å². The summed E-state index contributed by atoms with van der Waals surface area (Å²) in [7, 11) is 0. The maximum absolute atomic E-state index is 12.0. The first kappa shape index (κ1) is 16.4. The molecule has 0 saturated heterocycles. The average molecular weight is 325 g/mol. The third kappa shape index (κ3) is 3.37. The molecule has 0 spiro atoms. The first-order valence-electron chi connectivity index (χ1n) is 8.44. The Morgan fingerprint density at radius 3 is 2.58 bits per heavy atom. The van der Waals surface area contributed by atoms with Crippen LogP contribution in [0.3, 0.4) is 0 Å². The van der Waals surface area contributed by atoms with E-state index in [1.165, 1.54) is 19.3 Å². The topological polar surface area (TPSA) is 86.7 Å². The molecule has 6 nitrogen and oxygen atoms in total. The van der Waals surface area contributed by atoms with Crippen molar-refractivity contribution >= 4 is 11.5 Å². The van der Waals surface area contributed by atoms with Gasteiger partial charge >= 0.3 is 0 Å². The van der Waals surface area contributed by atoms with Crippen LogP contribution in [0.15, 0.2) is 24.3 Å². The van der Waals surface area contributed by atoms with Crippen LogP contribution in [0, 0.1) is 19.8 Å². The van der Waals surface area contributed by atoms with E-state index in [1.54, 1.807) is 4.68 Å². The number of nitrogens with two attached hydrogens (primary N) is 1. The van der Waals surface area contributed by atoms with Gasteiger partial charge in [-0.25, -0.2) is 0 Å². The van der Waals surface area contributed by atoms with Crippen LogP contribution >= 0.6 is 0 Å². The monoisotopic (exact) mass is 325 g/mol. The van der Waals surface area contributed by atoms with Crippen molar-refractivity contribution in [3.05, 3.63) is 41.2 Å². The highest BCUT2D eigenvalue weighted by atomic mass is 16.1. The van der Waals surface area contributed by atoms with Crippen LogP contribution in [0.4, 0.5) is 0 Å². The van der Waals surface area contributed by atoms with E-state index >= 15 is 0 Å². The van der Waals surface area contributed by atoms with E-state index in [0.29, 0.717) is 11.5 Å². The Morgan fingerprint density at radius 2 is 2.00 bits per heavy atom. The Bertz CT molecular complexity index is 771. The van der Waals surface area contributed by atoms with Gasteiger partial charge in [-0.2, -0.15) is 4.68 Å². The minimum Gasteiger partial charge on any atom is -0.366 e. The number of amides is 1. The fourth-order valence-electron chi connectivity index (χ4n) is 3.37. The van der Waals surface area contributed by atoms with E-state index in [0.717, 1.165) is 35.5 Å². The highest BCUT2D eigenvalue weighted by molar-refractivity contribution is 6.18. The molecule has 1 aliphatic rings. The molecule has 1 fully saturated rings. The summed E-state index contributed by atoms with van der Waals surface area (Å²) in [5.41, 5.74) is 9.03. The number of aromatic nitrogens is 4. The number of primary amides is 1. The van der Waals surface area contributed by atoms with Gasteiger partial charge in [-0.05, 0) is 66.3 Å². The molecule has 126 valence electrons. The van der Waals surface area contributed by atoms with Gasteiger partial charge in [0.25, 0.3) is 0 Å². The number of allylic oxidation sites excluding steroid dienone is 1. The Labute approximate surface area is 141 Å². The molecule has 1 aliphatic carbocycles. The number of carbonyl (C=O) groups excluding carboxylic acids is 1. The molecule has 0 bridgehead atoms. The quantitative estimate of drug-likeness (QED) is 0.876. The van der Waals surface area contributed by atoms with Gasteiger partial charge in [0.15, 0.2) is 5.82 Å². The summed E-state index contributed by atoms with van der Waals surface area (Å²) in [4.78, 5) is 12.0. The molecule has 6 heteroatoms. The van der Waals surface area contributed by atoms with Gasteiger partial charge in [-0.15, -0.1) is 5.10 Å². The van der Waals surface area contributed by atoms with Crippen LogP contribution in [-0.4, -0.2) is 26.1 Å². The molecule has 0 radical (unpaired) electrons. The van der Waals surface area contributed by atoms with Crippen molar-refractivity contribution in [2.24, 2.45) is 11.7 Å². The first-order valence-corrected chi connectivity index (χ1v) is 8.44. The third-order valence-electron chi connectivity index (χ3n) is 4.68. The van der Waals surface area contributed by atoms with Crippen molar-refractivity contribution in [3.63, 3.8) is 0 Å². The summed E-state index contributed by atoms with van der Waals surface area (Å²) < 4.78 is 1.69. The molecular formula is C18H23N5O. The Hall–Kier alpha value is -2.50. The molecule has 0 atom stereocenters.